The molecule has 0 unspecified atom stereocenters. The molecule has 0 radical (unpaired) electrons. The topological polar surface area (TPSA) is 115 Å². The number of nitrogen functional groups attached to an aromatic ring is 1. The van der Waals surface area contributed by atoms with E-state index in [-0.39, 0.29) is 5.92 Å². The van der Waals surface area contributed by atoms with Crippen LogP contribution in [0.25, 0.3) is 0 Å². The molecule has 0 aliphatic heterocycles. The molecule has 0 fully saturated rings. The Morgan fingerprint density at radius 3 is 2.58 bits per heavy atom. The number of rotatable bonds is 5. The van der Waals surface area contributed by atoms with E-state index >= 15 is 0 Å². The van der Waals surface area contributed by atoms with Gasteiger partial charge in [-0.3, -0.25) is 0 Å². The Bertz CT molecular complexity index is 552. The zero-order valence-electron chi connectivity index (χ0n) is 11.1. The Morgan fingerprint density at radius 2 is 2.00 bits per heavy atom. The SMILES string of the molecule is Cc1nc(CNc2cc(NN)nc(C(C)C)n2)no1. The van der Waals surface area contributed by atoms with Crippen molar-refractivity contribution in [3.05, 3.63) is 23.6 Å². The van der Waals surface area contributed by atoms with E-state index in [4.69, 9.17) is 10.4 Å². The van der Waals surface area contributed by atoms with E-state index in [1.807, 2.05) is 13.8 Å². The second-order valence-electron chi connectivity index (χ2n) is 4.38. The average Bonchev–Trinajstić information content (AvgIpc) is 2.81. The highest BCUT2D eigenvalue weighted by Crippen LogP contribution is 2.16. The third-order valence-electron chi connectivity index (χ3n) is 2.40. The smallest absolute Gasteiger partial charge is 0.223 e. The number of aryl methyl sites for hydroxylation is 1. The Hall–Kier alpha value is -2.22. The zero-order chi connectivity index (χ0) is 13.8. The van der Waals surface area contributed by atoms with Crippen molar-refractivity contribution in [3.8, 4) is 0 Å². The van der Waals surface area contributed by atoms with Crippen LogP contribution in [0.3, 0.4) is 0 Å². The third-order valence-corrected chi connectivity index (χ3v) is 2.40. The van der Waals surface area contributed by atoms with Gasteiger partial charge < -0.3 is 15.3 Å². The Kier molecular flexibility index (Phi) is 3.91. The predicted molar refractivity (Wildman–Crippen MR) is 70.3 cm³/mol. The molecule has 0 saturated carbocycles. The van der Waals surface area contributed by atoms with Gasteiger partial charge in [-0.05, 0) is 0 Å². The first-order valence-corrected chi connectivity index (χ1v) is 5.97. The van der Waals surface area contributed by atoms with Gasteiger partial charge in [0.15, 0.2) is 5.82 Å². The summed E-state index contributed by atoms with van der Waals surface area (Å²) < 4.78 is 4.89. The van der Waals surface area contributed by atoms with Crippen LogP contribution >= 0.6 is 0 Å². The van der Waals surface area contributed by atoms with Crippen molar-refractivity contribution in [2.24, 2.45) is 5.84 Å². The molecule has 0 aliphatic rings. The van der Waals surface area contributed by atoms with Gasteiger partial charge in [-0.1, -0.05) is 19.0 Å². The molecule has 102 valence electrons. The lowest BCUT2D eigenvalue weighted by atomic mass is 10.2. The van der Waals surface area contributed by atoms with Crippen LogP contribution in [0.5, 0.6) is 0 Å². The minimum atomic E-state index is 0.210. The predicted octanol–water partition coefficient (Wildman–Crippen LogP) is 1.19. The van der Waals surface area contributed by atoms with Crippen LogP contribution in [-0.4, -0.2) is 20.1 Å². The molecule has 4 N–H and O–H groups in total. The van der Waals surface area contributed by atoms with E-state index in [0.29, 0.717) is 35.7 Å². The van der Waals surface area contributed by atoms with Crippen LogP contribution in [0.4, 0.5) is 11.6 Å². The number of hydrazine groups is 1. The lowest BCUT2D eigenvalue weighted by Gasteiger charge is -2.10. The van der Waals surface area contributed by atoms with Crippen LogP contribution < -0.4 is 16.6 Å². The van der Waals surface area contributed by atoms with Gasteiger partial charge in [-0.15, -0.1) is 0 Å². The van der Waals surface area contributed by atoms with Crippen LogP contribution in [0.2, 0.25) is 0 Å². The van der Waals surface area contributed by atoms with Gasteiger partial charge in [0, 0.05) is 18.9 Å². The number of aromatic nitrogens is 4. The van der Waals surface area contributed by atoms with E-state index in [1.165, 1.54) is 0 Å². The average molecular weight is 263 g/mol. The molecule has 2 heterocycles. The monoisotopic (exact) mass is 263 g/mol. The van der Waals surface area contributed by atoms with E-state index in [9.17, 15) is 0 Å². The molecule has 0 spiro atoms. The molecule has 2 rings (SSSR count). The summed E-state index contributed by atoms with van der Waals surface area (Å²) in [5, 5.41) is 6.91. The second-order valence-corrected chi connectivity index (χ2v) is 4.38. The number of hydrogen-bond donors (Lipinski definition) is 3. The van der Waals surface area contributed by atoms with E-state index in [2.05, 4.69) is 30.9 Å². The quantitative estimate of drug-likeness (QED) is 0.544. The Labute approximate surface area is 110 Å². The molecule has 0 aromatic carbocycles. The first-order chi connectivity index (χ1) is 9.08. The molecule has 0 aliphatic carbocycles. The fourth-order valence-corrected chi connectivity index (χ4v) is 1.47. The highest BCUT2D eigenvalue weighted by Gasteiger charge is 2.08. The lowest BCUT2D eigenvalue weighted by molar-refractivity contribution is 0.388. The molecule has 2 aromatic heterocycles. The van der Waals surface area contributed by atoms with Crippen molar-refractivity contribution < 1.29 is 4.52 Å². The molecule has 19 heavy (non-hydrogen) atoms. The standard InChI is InChI=1S/C11H17N7O/c1-6(2)11-15-8(4-9(16-11)17-12)13-5-10-14-7(3)19-18-10/h4,6H,5,12H2,1-3H3,(H2,13,15,16,17). The summed E-state index contributed by atoms with van der Waals surface area (Å²) in [7, 11) is 0. The fraction of sp³-hybridized carbons (Fsp3) is 0.455. The van der Waals surface area contributed by atoms with Gasteiger partial charge in [-0.25, -0.2) is 15.8 Å². The molecule has 0 bridgehead atoms. The van der Waals surface area contributed by atoms with Crippen LogP contribution in [0.1, 0.15) is 37.3 Å². The second kappa shape index (κ2) is 5.61. The summed E-state index contributed by atoms with van der Waals surface area (Å²) >= 11 is 0. The molecule has 0 amide bonds. The third kappa shape index (κ3) is 3.38. The van der Waals surface area contributed by atoms with Crippen LogP contribution in [0, 0.1) is 6.92 Å². The van der Waals surface area contributed by atoms with Crippen molar-refractivity contribution in [1.29, 1.82) is 0 Å². The molecule has 8 nitrogen and oxygen atoms in total. The summed E-state index contributed by atoms with van der Waals surface area (Å²) in [4.78, 5) is 12.8. The molecular formula is C11H17N7O. The summed E-state index contributed by atoms with van der Waals surface area (Å²) in [6.45, 7) is 6.20. The minimum Gasteiger partial charge on any atom is -0.362 e. The van der Waals surface area contributed by atoms with Gasteiger partial charge in [0.25, 0.3) is 0 Å². The van der Waals surface area contributed by atoms with Gasteiger partial charge in [0.1, 0.15) is 17.5 Å². The van der Waals surface area contributed by atoms with E-state index in [1.54, 1.807) is 13.0 Å². The van der Waals surface area contributed by atoms with Crippen LogP contribution in [-0.2, 0) is 6.54 Å². The maximum Gasteiger partial charge on any atom is 0.223 e. The molecular weight excluding hydrogens is 246 g/mol. The number of hydrogen-bond acceptors (Lipinski definition) is 8. The first kappa shape index (κ1) is 13.2. The highest BCUT2D eigenvalue weighted by molar-refractivity contribution is 5.47. The maximum atomic E-state index is 5.39. The number of anilines is 2. The van der Waals surface area contributed by atoms with Gasteiger partial charge in [0.05, 0.1) is 6.54 Å². The Balaban J connectivity index is 2.12. The van der Waals surface area contributed by atoms with Crippen molar-refractivity contribution in [3.63, 3.8) is 0 Å². The van der Waals surface area contributed by atoms with E-state index in [0.717, 1.165) is 0 Å². The fourth-order valence-electron chi connectivity index (χ4n) is 1.47. The normalized spacial score (nSPS) is 10.8. The highest BCUT2D eigenvalue weighted by atomic mass is 16.5. The van der Waals surface area contributed by atoms with Crippen LogP contribution in [0.15, 0.2) is 10.6 Å². The molecule has 0 saturated heterocycles. The van der Waals surface area contributed by atoms with Gasteiger partial charge >= 0.3 is 0 Å². The van der Waals surface area contributed by atoms with Gasteiger partial charge in [0.2, 0.25) is 5.89 Å². The summed E-state index contributed by atoms with van der Waals surface area (Å²) in [6.07, 6.45) is 0. The van der Waals surface area contributed by atoms with Crippen molar-refractivity contribution in [1.82, 2.24) is 20.1 Å². The van der Waals surface area contributed by atoms with Gasteiger partial charge in [-0.2, -0.15) is 4.98 Å². The van der Waals surface area contributed by atoms with Crippen molar-refractivity contribution in [2.45, 2.75) is 33.2 Å². The lowest BCUT2D eigenvalue weighted by Crippen LogP contribution is -2.13. The number of nitrogens with one attached hydrogen (secondary N) is 2. The van der Waals surface area contributed by atoms with Crippen molar-refractivity contribution in [2.75, 3.05) is 10.7 Å². The summed E-state index contributed by atoms with van der Waals surface area (Å²) in [6, 6.07) is 1.72. The number of nitrogens with zero attached hydrogens (tertiary/aromatic N) is 4. The minimum absolute atomic E-state index is 0.210. The first-order valence-electron chi connectivity index (χ1n) is 5.97. The molecule has 8 heteroatoms. The Morgan fingerprint density at radius 1 is 1.26 bits per heavy atom. The summed E-state index contributed by atoms with van der Waals surface area (Å²) in [5.41, 5.74) is 2.52. The summed E-state index contributed by atoms with van der Waals surface area (Å²) in [5.74, 6) is 8.64. The molecule has 2 aromatic rings. The van der Waals surface area contributed by atoms with Crippen molar-refractivity contribution >= 4 is 11.6 Å². The number of nitrogens with two attached hydrogens (primary N) is 1. The largest absolute Gasteiger partial charge is 0.362 e. The molecule has 0 atom stereocenters. The maximum absolute atomic E-state index is 5.39. The van der Waals surface area contributed by atoms with E-state index < -0.39 is 0 Å². The zero-order valence-corrected chi connectivity index (χ0v) is 11.1.